The number of nitrogens with zero attached hydrogens (tertiary/aromatic N) is 5. The summed E-state index contributed by atoms with van der Waals surface area (Å²) in [6, 6.07) is 8.00. The minimum absolute atomic E-state index is 0.0590. The van der Waals surface area contributed by atoms with E-state index in [4.69, 9.17) is 0 Å². The molecule has 1 N–H and O–H groups in total. The van der Waals surface area contributed by atoms with E-state index in [2.05, 4.69) is 25.0 Å². The van der Waals surface area contributed by atoms with E-state index >= 15 is 0 Å². The number of aromatic nitrogens is 5. The third-order valence-corrected chi connectivity index (χ3v) is 4.24. The average molecular weight is 340 g/mol. The predicted molar refractivity (Wildman–Crippen MR) is 96.2 cm³/mol. The Morgan fingerprint density at radius 1 is 1.08 bits per heavy atom. The number of hydrogen-bond acceptors (Lipinski definition) is 4. The van der Waals surface area contributed by atoms with Gasteiger partial charge in [-0.2, -0.15) is 5.10 Å². The van der Waals surface area contributed by atoms with E-state index in [0.29, 0.717) is 19.5 Å². The van der Waals surface area contributed by atoms with Gasteiger partial charge in [0.25, 0.3) is 0 Å². The van der Waals surface area contributed by atoms with Crippen molar-refractivity contribution in [2.75, 3.05) is 6.54 Å². The number of amides is 1. The molecule has 7 heteroatoms. The summed E-state index contributed by atoms with van der Waals surface area (Å²) in [5.74, 6) is 2.69. The van der Waals surface area contributed by atoms with E-state index in [-0.39, 0.29) is 5.91 Å². The highest BCUT2D eigenvalue weighted by molar-refractivity contribution is 5.77. The summed E-state index contributed by atoms with van der Waals surface area (Å²) in [4.78, 5) is 20.9. The number of carbonyl (C=O) groups is 1. The van der Waals surface area contributed by atoms with Crippen molar-refractivity contribution in [1.29, 1.82) is 0 Å². The molecule has 3 rings (SSSR count). The zero-order valence-corrected chi connectivity index (χ0v) is 15.0. The van der Waals surface area contributed by atoms with E-state index in [1.165, 1.54) is 0 Å². The number of fused-ring (bicyclic) bond motifs is 1. The zero-order chi connectivity index (χ0) is 17.8. The third-order valence-electron chi connectivity index (χ3n) is 4.24. The molecule has 0 unspecified atom stereocenters. The van der Waals surface area contributed by atoms with E-state index in [1.54, 1.807) is 0 Å². The fraction of sp³-hybridized carbons (Fsp3) is 0.444. The van der Waals surface area contributed by atoms with Gasteiger partial charge in [0.15, 0.2) is 0 Å². The highest BCUT2D eigenvalue weighted by atomic mass is 16.1. The average Bonchev–Trinajstić information content (AvgIpc) is 3.07. The van der Waals surface area contributed by atoms with Gasteiger partial charge in [0.05, 0.1) is 11.0 Å². The molecule has 2 heterocycles. The van der Waals surface area contributed by atoms with Crippen molar-refractivity contribution in [2.45, 2.75) is 46.7 Å². The van der Waals surface area contributed by atoms with E-state index in [1.807, 2.05) is 49.7 Å². The van der Waals surface area contributed by atoms with Crippen LogP contribution in [0.15, 0.2) is 24.3 Å². The number of nitrogens with one attached hydrogen (secondary N) is 1. The number of imidazole rings is 1. The number of hydrogen-bond donors (Lipinski definition) is 1. The molecule has 25 heavy (non-hydrogen) atoms. The molecule has 0 aliphatic rings. The van der Waals surface area contributed by atoms with E-state index < -0.39 is 0 Å². The third kappa shape index (κ3) is 4.04. The Labute approximate surface area is 147 Å². The second kappa shape index (κ2) is 7.46. The molecule has 3 aromatic rings. The Morgan fingerprint density at radius 3 is 2.64 bits per heavy atom. The molecule has 0 spiro atoms. The molecule has 1 amide bonds. The number of para-hydroxylation sites is 2. The summed E-state index contributed by atoms with van der Waals surface area (Å²) in [5.41, 5.74) is 2.05. The van der Waals surface area contributed by atoms with Crippen LogP contribution in [0.4, 0.5) is 0 Å². The first kappa shape index (κ1) is 17.1. The highest BCUT2D eigenvalue weighted by Gasteiger charge is 2.09. The Balaban J connectivity index is 1.45. The van der Waals surface area contributed by atoms with Crippen molar-refractivity contribution < 1.29 is 4.79 Å². The first-order chi connectivity index (χ1) is 12.0. The van der Waals surface area contributed by atoms with Gasteiger partial charge in [0.2, 0.25) is 5.91 Å². The molecule has 0 aliphatic heterocycles. The van der Waals surface area contributed by atoms with Crippen LogP contribution in [0.25, 0.3) is 11.0 Å². The fourth-order valence-electron chi connectivity index (χ4n) is 3.01. The lowest BCUT2D eigenvalue weighted by Gasteiger charge is -2.08. The van der Waals surface area contributed by atoms with Crippen LogP contribution in [0.2, 0.25) is 0 Å². The van der Waals surface area contributed by atoms with Gasteiger partial charge < -0.3 is 9.88 Å². The van der Waals surface area contributed by atoms with Crippen LogP contribution in [0.5, 0.6) is 0 Å². The second-order valence-electron chi connectivity index (χ2n) is 6.18. The maximum absolute atomic E-state index is 12.1. The topological polar surface area (TPSA) is 77.6 Å². The maximum Gasteiger partial charge on any atom is 0.221 e. The molecule has 0 aliphatic carbocycles. The minimum atomic E-state index is 0.0590. The predicted octanol–water partition coefficient (Wildman–Crippen LogP) is 2.15. The van der Waals surface area contributed by atoms with Gasteiger partial charge in [0.1, 0.15) is 17.5 Å². The Hall–Kier alpha value is -2.70. The second-order valence-corrected chi connectivity index (χ2v) is 6.18. The number of benzene rings is 1. The van der Waals surface area contributed by atoms with Crippen molar-refractivity contribution in [1.82, 2.24) is 29.6 Å². The molecule has 0 fully saturated rings. The quantitative estimate of drug-likeness (QED) is 0.669. The fourth-order valence-corrected chi connectivity index (χ4v) is 3.01. The lowest BCUT2D eigenvalue weighted by molar-refractivity contribution is -0.121. The summed E-state index contributed by atoms with van der Waals surface area (Å²) in [5, 5.41) is 7.29. The van der Waals surface area contributed by atoms with Crippen molar-refractivity contribution in [2.24, 2.45) is 0 Å². The van der Waals surface area contributed by atoms with Gasteiger partial charge in [-0.05, 0) is 39.3 Å². The maximum atomic E-state index is 12.1. The lowest BCUT2D eigenvalue weighted by atomic mass is 10.3. The Bertz CT molecular complexity index is 879. The Morgan fingerprint density at radius 2 is 1.88 bits per heavy atom. The molecule has 0 bridgehead atoms. The summed E-state index contributed by atoms with van der Waals surface area (Å²) in [6.07, 6.45) is 1.28. The van der Waals surface area contributed by atoms with Gasteiger partial charge in [0, 0.05) is 26.1 Å². The molecule has 0 saturated heterocycles. The highest BCUT2D eigenvalue weighted by Crippen LogP contribution is 2.15. The molecule has 1 aromatic carbocycles. The standard InChI is InChI=1S/C18H24N6O/c1-13-20-15(3)24(22-13)11-6-10-19-18(25)9-12-23-14(2)21-16-7-4-5-8-17(16)23/h4-5,7-8H,6,9-12H2,1-3H3,(H,19,25). The van der Waals surface area contributed by atoms with Crippen LogP contribution in [0, 0.1) is 20.8 Å². The zero-order valence-electron chi connectivity index (χ0n) is 15.0. The molecular formula is C18H24N6O. The first-order valence-electron chi connectivity index (χ1n) is 8.61. The van der Waals surface area contributed by atoms with Crippen LogP contribution in [0.3, 0.4) is 0 Å². The monoisotopic (exact) mass is 340 g/mol. The molecule has 2 aromatic heterocycles. The molecule has 7 nitrogen and oxygen atoms in total. The van der Waals surface area contributed by atoms with Gasteiger partial charge in [-0.1, -0.05) is 12.1 Å². The summed E-state index contributed by atoms with van der Waals surface area (Å²) < 4.78 is 3.97. The van der Waals surface area contributed by atoms with Crippen molar-refractivity contribution in [3.63, 3.8) is 0 Å². The number of carbonyl (C=O) groups excluding carboxylic acids is 1. The largest absolute Gasteiger partial charge is 0.356 e. The molecule has 0 radical (unpaired) electrons. The smallest absolute Gasteiger partial charge is 0.221 e. The van der Waals surface area contributed by atoms with Crippen molar-refractivity contribution in [3.8, 4) is 0 Å². The molecule has 0 atom stereocenters. The van der Waals surface area contributed by atoms with Crippen LogP contribution < -0.4 is 5.32 Å². The SMILES string of the molecule is Cc1nc(C)n(CCCNC(=O)CCn2c(C)nc3ccccc32)n1. The minimum Gasteiger partial charge on any atom is -0.356 e. The van der Waals surface area contributed by atoms with Crippen LogP contribution in [0.1, 0.15) is 30.3 Å². The van der Waals surface area contributed by atoms with Gasteiger partial charge >= 0.3 is 0 Å². The lowest BCUT2D eigenvalue weighted by Crippen LogP contribution is -2.26. The van der Waals surface area contributed by atoms with Crippen LogP contribution in [-0.2, 0) is 17.9 Å². The van der Waals surface area contributed by atoms with Gasteiger partial charge in [-0.3, -0.25) is 9.48 Å². The van der Waals surface area contributed by atoms with Gasteiger partial charge in [-0.25, -0.2) is 9.97 Å². The summed E-state index contributed by atoms with van der Waals surface area (Å²) >= 11 is 0. The van der Waals surface area contributed by atoms with E-state index in [9.17, 15) is 4.79 Å². The van der Waals surface area contributed by atoms with Crippen molar-refractivity contribution >= 4 is 16.9 Å². The van der Waals surface area contributed by atoms with Crippen molar-refractivity contribution in [3.05, 3.63) is 41.7 Å². The molecule has 0 saturated carbocycles. The molecular weight excluding hydrogens is 316 g/mol. The van der Waals surface area contributed by atoms with E-state index in [0.717, 1.165) is 41.5 Å². The Kier molecular flexibility index (Phi) is 5.11. The first-order valence-corrected chi connectivity index (χ1v) is 8.61. The van der Waals surface area contributed by atoms with Crippen LogP contribution in [-0.4, -0.2) is 36.8 Å². The number of rotatable bonds is 7. The normalized spacial score (nSPS) is 11.2. The molecule has 132 valence electrons. The summed E-state index contributed by atoms with van der Waals surface area (Å²) in [6.45, 7) is 7.84. The number of aryl methyl sites for hydroxylation is 5. The van der Waals surface area contributed by atoms with Gasteiger partial charge in [-0.15, -0.1) is 0 Å². The summed E-state index contributed by atoms with van der Waals surface area (Å²) in [7, 11) is 0. The van der Waals surface area contributed by atoms with Crippen LogP contribution >= 0.6 is 0 Å².